The Bertz CT molecular complexity index is 1310. The molecule has 3 heterocycles. The minimum atomic E-state index is -0.385. The Morgan fingerprint density at radius 3 is 2.78 bits per heavy atom. The molecular weight excluding hydrogens is 404 g/mol. The van der Waals surface area contributed by atoms with Gasteiger partial charge in [-0.15, -0.1) is 0 Å². The number of hydrogen-bond donors (Lipinski definition) is 2. The van der Waals surface area contributed by atoms with E-state index in [0.29, 0.717) is 37.4 Å². The van der Waals surface area contributed by atoms with Crippen LogP contribution in [-0.4, -0.2) is 53.4 Å². The maximum absolute atomic E-state index is 13.1. The molecule has 4 aromatic rings. The molecule has 1 fully saturated rings. The molecule has 162 valence electrons. The number of benzene rings is 2. The summed E-state index contributed by atoms with van der Waals surface area (Å²) in [6.07, 6.45) is 1.84. The van der Waals surface area contributed by atoms with Crippen molar-refractivity contribution >= 4 is 33.6 Å². The van der Waals surface area contributed by atoms with Crippen molar-refractivity contribution < 1.29 is 14.3 Å². The Kier molecular flexibility index (Phi) is 5.33. The first-order valence-corrected chi connectivity index (χ1v) is 10.7. The van der Waals surface area contributed by atoms with E-state index in [-0.39, 0.29) is 17.9 Å². The predicted octanol–water partition coefficient (Wildman–Crippen LogP) is 3.22. The Hall–Kier alpha value is -3.71. The fraction of sp³-hybridized carbons (Fsp3) is 0.240. The van der Waals surface area contributed by atoms with E-state index in [4.69, 9.17) is 9.72 Å². The van der Waals surface area contributed by atoms with Crippen molar-refractivity contribution in [2.45, 2.75) is 12.5 Å². The number of carbonyl (C=O) groups excluding carboxylic acids is 2. The van der Waals surface area contributed by atoms with Crippen LogP contribution in [0.15, 0.2) is 60.8 Å². The molecule has 2 N–H and O–H groups in total. The summed E-state index contributed by atoms with van der Waals surface area (Å²) in [6, 6.07) is 17.3. The van der Waals surface area contributed by atoms with E-state index in [0.717, 1.165) is 27.4 Å². The highest BCUT2D eigenvalue weighted by Crippen LogP contribution is 2.27. The highest BCUT2D eigenvalue weighted by Gasteiger charge is 2.28. The van der Waals surface area contributed by atoms with Crippen molar-refractivity contribution in [3.8, 4) is 0 Å². The highest BCUT2D eigenvalue weighted by atomic mass is 16.5. The van der Waals surface area contributed by atoms with Crippen LogP contribution in [0.2, 0.25) is 0 Å². The number of amides is 2. The van der Waals surface area contributed by atoms with E-state index in [1.807, 2.05) is 59.6 Å². The summed E-state index contributed by atoms with van der Waals surface area (Å²) in [6.45, 7) is 1.36. The first kappa shape index (κ1) is 20.2. The molecule has 0 radical (unpaired) electrons. The summed E-state index contributed by atoms with van der Waals surface area (Å²) >= 11 is 0. The monoisotopic (exact) mass is 428 g/mol. The molecule has 1 aliphatic heterocycles. The van der Waals surface area contributed by atoms with Crippen molar-refractivity contribution in [1.82, 2.24) is 20.2 Å². The van der Waals surface area contributed by atoms with Gasteiger partial charge >= 0.3 is 0 Å². The van der Waals surface area contributed by atoms with Gasteiger partial charge in [-0.2, -0.15) is 0 Å². The Morgan fingerprint density at radius 2 is 1.94 bits per heavy atom. The van der Waals surface area contributed by atoms with Crippen LogP contribution in [0, 0.1) is 0 Å². The molecule has 0 aliphatic carbocycles. The maximum Gasteiger partial charge on any atom is 0.251 e. The molecule has 1 aliphatic rings. The predicted molar refractivity (Wildman–Crippen MR) is 122 cm³/mol. The first-order valence-electron chi connectivity index (χ1n) is 10.7. The zero-order valence-corrected chi connectivity index (χ0v) is 17.8. The standard InChI is InChI=1S/C25H24N4O3/c1-26-25(31)19-13-22(28-21-9-5-3-7-18(19)21)23-15-29(10-11-32-23)24(30)12-16-14-27-20-8-4-2-6-17(16)20/h2-9,13-14,23,27H,10-12,15H2,1H3,(H,26,31)/t23-/m0/s1. The third-order valence-corrected chi connectivity index (χ3v) is 5.97. The highest BCUT2D eigenvalue weighted by molar-refractivity contribution is 6.06. The number of carbonyl (C=O) groups is 2. The van der Waals surface area contributed by atoms with Crippen LogP contribution < -0.4 is 5.32 Å². The molecule has 0 bridgehead atoms. The number of para-hydroxylation sites is 2. The second-order valence-electron chi connectivity index (χ2n) is 7.93. The van der Waals surface area contributed by atoms with Crippen molar-refractivity contribution in [3.63, 3.8) is 0 Å². The molecule has 5 rings (SSSR count). The molecule has 0 spiro atoms. The van der Waals surface area contributed by atoms with Crippen LogP contribution in [0.1, 0.15) is 27.7 Å². The van der Waals surface area contributed by atoms with Gasteiger partial charge in [0.1, 0.15) is 6.10 Å². The summed E-state index contributed by atoms with van der Waals surface area (Å²) in [5.41, 5.74) is 3.96. The minimum Gasteiger partial charge on any atom is -0.368 e. The van der Waals surface area contributed by atoms with E-state index in [9.17, 15) is 9.59 Å². The smallest absolute Gasteiger partial charge is 0.251 e. The average Bonchev–Trinajstić information content (AvgIpc) is 3.25. The second kappa shape index (κ2) is 8.43. The van der Waals surface area contributed by atoms with Crippen LogP contribution in [0.5, 0.6) is 0 Å². The van der Waals surface area contributed by atoms with Crippen molar-refractivity contribution in [1.29, 1.82) is 0 Å². The fourth-order valence-electron chi connectivity index (χ4n) is 4.29. The second-order valence-corrected chi connectivity index (χ2v) is 7.93. The number of nitrogens with zero attached hydrogens (tertiary/aromatic N) is 2. The van der Waals surface area contributed by atoms with Gasteiger partial charge in [-0.1, -0.05) is 36.4 Å². The molecule has 2 aromatic carbocycles. The molecule has 0 saturated carbocycles. The number of ether oxygens (including phenoxy) is 1. The molecular formula is C25H24N4O3. The normalized spacial score (nSPS) is 16.4. The van der Waals surface area contributed by atoms with Gasteiger partial charge in [-0.3, -0.25) is 9.59 Å². The zero-order valence-electron chi connectivity index (χ0n) is 17.8. The Balaban J connectivity index is 1.39. The van der Waals surface area contributed by atoms with Crippen LogP contribution in [-0.2, 0) is 16.0 Å². The lowest BCUT2D eigenvalue weighted by Gasteiger charge is -2.33. The minimum absolute atomic E-state index is 0.0513. The first-order chi connectivity index (χ1) is 15.6. The number of aromatic nitrogens is 2. The summed E-state index contributed by atoms with van der Waals surface area (Å²) in [7, 11) is 1.61. The number of rotatable bonds is 4. The summed E-state index contributed by atoms with van der Waals surface area (Å²) in [5.74, 6) is -0.122. The number of fused-ring (bicyclic) bond motifs is 2. The molecule has 1 saturated heterocycles. The van der Waals surface area contributed by atoms with Gasteiger partial charge in [-0.05, 0) is 23.8 Å². The third-order valence-electron chi connectivity index (χ3n) is 5.97. The van der Waals surface area contributed by atoms with Gasteiger partial charge in [0, 0.05) is 36.1 Å². The molecule has 2 aromatic heterocycles. The van der Waals surface area contributed by atoms with Gasteiger partial charge in [-0.25, -0.2) is 4.98 Å². The van der Waals surface area contributed by atoms with Crippen LogP contribution >= 0.6 is 0 Å². The number of nitrogens with one attached hydrogen (secondary N) is 2. The topological polar surface area (TPSA) is 87.3 Å². The third kappa shape index (κ3) is 3.71. The molecule has 32 heavy (non-hydrogen) atoms. The lowest BCUT2D eigenvalue weighted by atomic mass is 10.0. The van der Waals surface area contributed by atoms with Crippen LogP contribution in [0.4, 0.5) is 0 Å². The van der Waals surface area contributed by atoms with E-state index < -0.39 is 0 Å². The quantitative estimate of drug-likeness (QED) is 0.523. The molecule has 7 heteroatoms. The molecule has 0 unspecified atom stereocenters. The Labute approximate surface area is 185 Å². The van der Waals surface area contributed by atoms with Crippen molar-refractivity contribution in [2.75, 3.05) is 26.7 Å². The van der Waals surface area contributed by atoms with Crippen molar-refractivity contribution in [3.05, 3.63) is 77.6 Å². The summed E-state index contributed by atoms with van der Waals surface area (Å²) in [5, 5.41) is 4.55. The number of pyridine rings is 1. The van der Waals surface area contributed by atoms with Gasteiger partial charge < -0.3 is 19.9 Å². The van der Waals surface area contributed by atoms with Gasteiger partial charge in [0.25, 0.3) is 5.91 Å². The maximum atomic E-state index is 13.1. The number of hydrogen-bond acceptors (Lipinski definition) is 4. The van der Waals surface area contributed by atoms with Crippen molar-refractivity contribution in [2.24, 2.45) is 0 Å². The number of aromatic amines is 1. The summed E-state index contributed by atoms with van der Waals surface area (Å²) < 4.78 is 5.97. The SMILES string of the molecule is CNC(=O)c1cc([C@@H]2CN(C(=O)Cc3c[nH]c4ccccc34)CCO2)nc2ccccc12. The van der Waals surface area contributed by atoms with Gasteiger partial charge in [0.15, 0.2) is 0 Å². The van der Waals surface area contributed by atoms with Gasteiger partial charge in [0.2, 0.25) is 5.91 Å². The fourth-order valence-corrected chi connectivity index (χ4v) is 4.29. The van der Waals surface area contributed by atoms with E-state index in [2.05, 4.69) is 10.3 Å². The van der Waals surface area contributed by atoms with E-state index in [1.165, 1.54) is 0 Å². The van der Waals surface area contributed by atoms with E-state index in [1.54, 1.807) is 13.1 Å². The van der Waals surface area contributed by atoms with Crippen LogP contribution in [0.3, 0.4) is 0 Å². The molecule has 2 amide bonds. The lowest BCUT2D eigenvalue weighted by molar-refractivity contribution is -0.138. The molecule has 7 nitrogen and oxygen atoms in total. The average molecular weight is 428 g/mol. The number of H-pyrrole nitrogens is 1. The van der Waals surface area contributed by atoms with E-state index >= 15 is 0 Å². The number of morpholine rings is 1. The zero-order chi connectivity index (χ0) is 22.1. The molecule has 1 atom stereocenters. The summed E-state index contributed by atoms with van der Waals surface area (Å²) in [4.78, 5) is 35.4. The van der Waals surface area contributed by atoms with Crippen LogP contribution in [0.25, 0.3) is 21.8 Å². The van der Waals surface area contributed by atoms with Gasteiger partial charge in [0.05, 0.1) is 36.3 Å². The Morgan fingerprint density at radius 1 is 1.16 bits per heavy atom. The lowest BCUT2D eigenvalue weighted by Crippen LogP contribution is -2.43. The largest absolute Gasteiger partial charge is 0.368 e.